The van der Waals surface area contributed by atoms with Gasteiger partial charge in [0, 0.05) is 13.1 Å². The minimum Gasteiger partial charge on any atom is -0.367 e. The van der Waals surface area contributed by atoms with Crippen molar-refractivity contribution in [3.05, 3.63) is 24.0 Å². The van der Waals surface area contributed by atoms with Gasteiger partial charge in [0.2, 0.25) is 0 Å². The van der Waals surface area contributed by atoms with E-state index >= 15 is 0 Å². The summed E-state index contributed by atoms with van der Waals surface area (Å²) < 4.78 is 13.2. The Hall–Kier alpha value is -1.63. The molecule has 2 rings (SSSR count). The number of aromatic nitrogens is 1. The van der Waals surface area contributed by atoms with Crippen LogP contribution in [-0.2, 0) is 0 Å². The first-order valence-electron chi connectivity index (χ1n) is 5.05. The second-order valence-electron chi connectivity index (χ2n) is 3.70. The zero-order valence-electron chi connectivity index (χ0n) is 8.36. The van der Waals surface area contributed by atoms with Crippen LogP contribution in [0.3, 0.4) is 0 Å². The van der Waals surface area contributed by atoms with Crippen LogP contribution in [0.5, 0.6) is 0 Å². The van der Waals surface area contributed by atoms with Gasteiger partial charge in [-0.05, 0) is 25.0 Å². The highest BCUT2D eigenvalue weighted by Gasteiger charge is 2.19. The Bertz CT molecular complexity index is 368. The Morgan fingerprint density at radius 3 is 3.00 bits per heavy atom. The Morgan fingerprint density at radius 2 is 2.40 bits per heavy atom. The first-order valence-corrected chi connectivity index (χ1v) is 5.05. The van der Waals surface area contributed by atoms with E-state index in [1.165, 1.54) is 0 Å². The standard InChI is InChI=1S/C11H12FN3/c12-9-2-1-5-15(8-9)11-4-3-10(6-13)14-7-11/h3-4,7,9H,1-2,5,8H2. The molecule has 1 aromatic rings. The van der Waals surface area contributed by atoms with E-state index in [1.807, 2.05) is 17.0 Å². The van der Waals surface area contributed by atoms with Crippen molar-refractivity contribution in [1.82, 2.24) is 4.98 Å². The van der Waals surface area contributed by atoms with E-state index in [4.69, 9.17) is 5.26 Å². The summed E-state index contributed by atoms with van der Waals surface area (Å²) in [6.07, 6.45) is 2.42. The number of piperidine rings is 1. The maximum absolute atomic E-state index is 13.2. The van der Waals surface area contributed by atoms with Gasteiger partial charge in [-0.1, -0.05) is 0 Å². The third-order valence-corrected chi connectivity index (χ3v) is 2.59. The summed E-state index contributed by atoms with van der Waals surface area (Å²) in [5.41, 5.74) is 1.30. The van der Waals surface area contributed by atoms with Crippen LogP contribution in [0.2, 0.25) is 0 Å². The lowest BCUT2D eigenvalue weighted by Crippen LogP contribution is -2.36. The zero-order chi connectivity index (χ0) is 10.7. The van der Waals surface area contributed by atoms with Crippen molar-refractivity contribution in [1.29, 1.82) is 5.26 Å². The molecule has 0 amide bonds. The molecule has 1 atom stereocenters. The second kappa shape index (κ2) is 4.26. The van der Waals surface area contributed by atoms with Crippen LogP contribution in [0.25, 0.3) is 0 Å². The van der Waals surface area contributed by atoms with Crippen molar-refractivity contribution in [2.75, 3.05) is 18.0 Å². The first kappa shape index (κ1) is 9.91. The lowest BCUT2D eigenvalue weighted by Gasteiger charge is -2.30. The number of halogens is 1. The maximum atomic E-state index is 13.2. The molecule has 0 aromatic carbocycles. The van der Waals surface area contributed by atoms with Gasteiger partial charge in [0.05, 0.1) is 11.9 Å². The largest absolute Gasteiger partial charge is 0.367 e. The van der Waals surface area contributed by atoms with Crippen LogP contribution >= 0.6 is 0 Å². The van der Waals surface area contributed by atoms with Crippen molar-refractivity contribution in [2.45, 2.75) is 19.0 Å². The number of rotatable bonds is 1. The monoisotopic (exact) mass is 205 g/mol. The number of nitrogens with zero attached hydrogens (tertiary/aromatic N) is 3. The van der Waals surface area contributed by atoms with Gasteiger partial charge < -0.3 is 4.90 Å². The molecule has 2 heterocycles. The van der Waals surface area contributed by atoms with Gasteiger partial charge in [-0.2, -0.15) is 5.26 Å². The molecule has 1 aliphatic heterocycles. The fourth-order valence-electron chi connectivity index (χ4n) is 1.80. The molecule has 1 unspecified atom stereocenters. The van der Waals surface area contributed by atoms with E-state index in [0.29, 0.717) is 18.7 Å². The van der Waals surface area contributed by atoms with Gasteiger partial charge in [-0.3, -0.25) is 0 Å². The Kier molecular flexibility index (Phi) is 2.82. The van der Waals surface area contributed by atoms with Gasteiger partial charge >= 0.3 is 0 Å². The molecular weight excluding hydrogens is 193 g/mol. The minimum absolute atomic E-state index is 0.396. The molecule has 0 spiro atoms. The van der Waals surface area contributed by atoms with Crippen LogP contribution in [0.4, 0.5) is 10.1 Å². The van der Waals surface area contributed by atoms with E-state index < -0.39 is 6.17 Å². The molecule has 1 aromatic heterocycles. The quantitative estimate of drug-likeness (QED) is 0.702. The zero-order valence-corrected chi connectivity index (χ0v) is 8.36. The molecule has 0 saturated carbocycles. The van der Waals surface area contributed by atoms with Crippen molar-refractivity contribution in [3.63, 3.8) is 0 Å². The molecule has 1 saturated heterocycles. The molecule has 1 fully saturated rings. The SMILES string of the molecule is N#Cc1ccc(N2CCCC(F)C2)cn1. The normalized spacial score (nSPS) is 21.1. The fourth-order valence-corrected chi connectivity index (χ4v) is 1.80. The van der Waals surface area contributed by atoms with E-state index in [2.05, 4.69) is 4.98 Å². The van der Waals surface area contributed by atoms with E-state index in [1.54, 1.807) is 12.3 Å². The molecular formula is C11H12FN3. The number of hydrogen-bond donors (Lipinski definition) is 0. The van der Waals surface area contributed by atoms with Crippen molar-refractivity contribution < 1.29 is 4.39 Å². The number of anilines is 1. The Balaban J connectivity index is 2.12. The summed E-state index contributed by atoms with van der Waals surface area (Å²) in [5, 5.41) is 8.59. The molecule has 15 heavy (non-hydrogen) atoms. The van der Waals surface area contributed by atoms with E-state index in [9.17, 15) is 4.39 Å². The fraction of sp³-hybridized carbons (Fsp3) is 0.455. The number of alkyl halides is 1. The van der Waals surface area contributed by atoms with Crippen LogP contribution in [-0.4, -0.2) is 24.2 Å². The van der Waals surface area contributed by atoms with Crippen LogP contribution in [0.1, 0.15) is 18.5 Å². The molecule has 0 aliphatic carbocycles. The number of hydrogen-bond acceptors (Lipinski definition) is 3. The van der Waals surface area contributed by atoms with Crippen LogP contribution < -0.4 is 4.90 Å². The van der Waals surface area contributed by atoms with Gasteiger partial charge in [0.15, 0.2) is 0 Å². The maximum Gasteiger partial charge on any atom is 0.140 e. The van der Waals surface area contributed by atoms with Gasteiger partial charge in [0.1, 0.15) is 17.9 Å². The molecule has 0 radical (unpaired) electrons. The van der Waals surface area contributed by atoms with Crippen LogP contribution in [0, 0.1) is 11.3 Å². The predicted molar refractivity (Wildman–Crippen MR) is 55.3 cm³/mol. The summed E-state index contributed by atoms with van der Waals surface area (Å²) >= 11 is 0. The van der Waals surface area contributed by atoms with Gasteiger partial charge in [-0.15, -0.1) is 0 Å². The topological polar surface area (TPSA) is 39.9 Å². The van der Waals surface area contributed by atoms with Crippen molar-refractivity contribution >= 4 is 5.69 Å². The van der Waals surface area contributed by atoms with E-state index in [0.717, 1.165) is 18.7 Å². The average Bonchev–Trinajstić information content (AvgIpc) is 2.29. The van der Waals surface area contributed by atoms with Crippen molar-refractivity contribution in [3.8, 4) is 6.07 Å². The van der Waals surface area contributed by atoms with Gasteiger partial charge in [-0.25, -0.2) is 9.37 Å². The summed E-state index contributed by atoms with van der Waals surface area (Å²) in [4.78, 5) is 5.95. The van der Waals surface area contributed by atoms with Gasteiger partial charge in [0.25, 0.3) is 0 Å². The molecule has 0 bridgehead atoms. The average molecular weight is 205 g/mol. The summed E-state index contributed by atoms with van der Waals surface area (Å²) in [5.74, 6) is 0. The van der Waals surface area contributed by atoms with Crippen LogP contribution in [0.15, 0.2) is 18.3 Å². The first-order chi connectivity index (χ1) is 7.29. The minimum atomic E-state index is -0.741. The van der Waals surface area contributed by atoms with Crippen molar-refractivity contribution in [2.24, 2.45) is 0 Å². The number of nitriles is 1. The Morgan fingerprint density at radius 1 is 1.53 bits per heavy atom. The molecule has 3 nitrogen and oxygen atoms in total. The summed E-state index contributed by atoms with van der Waals surface area (Å²) in [7, 11) is 0. The summed E-state index contributed by atoms with van der Waals surface area (Å²) in [6, 6.07) is 5.45. The molecule has 4 heteroatoms. The highest BCUT2D eigenvalue weighted by Crippen LogP contribution is 2.20. The third-order valence-electron chi connectivity index (χ3n) is 2.59. The molecule has 1 aliphatic rings. The highest BCUT2D eigenvalue weighted by molar-refractivity contribution is 5.46. The molecule has 0 N–H and O–H groups in total. The lowest BCUT2D eigenvalue weighted by molar-refractivity contribution is 0.287. The van der Waals surface area contributed by atoms with E-state index in [-0.39, 0.29) is 0 Å². The predicted octanol–water partition coefficient (Wildman–Crippen LogP) is 1.89. The smallest absolute Gasteiger partial charge is 0.140 e. The highest BCUT2D eigenvalue weighted by atomic mass is 19.1. The second-order valence-corrected chi connectivity index (χ2v) is 3.70. The molecule has 78 valence electrons. The lowest BCUT2D eigenvalue weighted by atomic mass is 10.1. The summed E-state index contributed by atoms with van der Waals surface area (Å²) in [6.45, 7) is 1.31. The Labute approximate surface area is 88.2 Å². The number of pyridine rings is 1. The third kappa shape index (κ3) is 2.24.